The summed E-state index contributed by atoms with van der Waals surface area (Å²) in [4.78, 5) is 0. The molecule has 0 aromatic carbocycles. The molecular weight excluding hydrogens is 104 g/mol. The average molecular weight is 112 g/mol. The lowest BCUT2D eigenvalue weighted by molar-refractivity contribution is 1.26. The normalized spacial score (nSPS) is 23.4. The molecule has 0 heterocycles. The van der Waals surface area contributed by atoms with Gasteiger partial charge in [-0.1, -0.05) is 5.92 Å². The number of terminal acetylenes is 1. The Kier molecular flexibility index (Phi) is 1.05. The van der Waals surface area contributed by atoms with Crippen LogP contribution in [-0.4, -0.2) is 11.0 Å². The zero-order chi connectivity index (χ0) is 5.33. The van der Waals surface area contributed by atoms with Gasteiger partial charge in [0.2, 0.25) is 0 Å². The van der Waals surface area contributed by atoms with E-state index < -0.39 is 0 Å². The third kappa shape index (κ3) is 0.759. The molecule has 0 saturated heterocycles. The van der Waals surface area contributed by atoms with Gasteiger partial charge < -0.3 is 0 Å². The summed E-state index contributed by atoms with van der Waals surface area (Å²) in [6.07, 6.45) is 9.74. The van der Waals surface area contributed by atoms with Crippen LogP contribution in [0, 0.1) is 12.3 Å². The highest BCUT2D eigenvalue weighted by molar-refractivity contribution is 8.00. The molecular formula is C6H8S. The summed E-state index contributed by atoms with van der Waals surface area (Å²) in [5.74, 6) is 2.77. The van der Waals surface area contributed by atoms with E-state index in [1.165, 1.54) is 12.8 Å². The second-order valence-electron chi connectivity index (χ2n) is 1.84. The molecule has 1 fully saturated rings. The SMILES string of the molecule is C#CC1(SC)CC1. The van der Waals surface area contributed by atoms with Gasteiger partial charge >= 0.3 is 0 Å². The van der Waals surface area contributed by atoms with Crippen molar-refractivity contribution in [1.29, 1.82) is 0 Å². The number of thioether (sulfide) groups is 1. The van der Waals surface area contributed by atoms with Gasteiger partial charge in [-0.3, -0.25) is 0 Å². The van der Waals surface area contributed by atoms with Crippen molar-refractivity contribution in [3.8, 4) is 12.3 Å². The summed E-state index contributed by atoms with van der Waals surface area (Å²) in [6.45, 7) is 0. The second-order valence-corrected chi connectivity index (χ2v) is 3.03. The molecule has 1 aliphatic carbocycles. The van der Waals surface area contributed by atoms with Crippen molar-refractivity contribution in [3.05, 3.63) is 0 Å². The van der Waals surface area contributed by atoms with Crippen LogP contribution in [0.15, 0.2) is 0 Å². The molecule has 1 rings (SSSR count). The predicted molar refractivity (Wildman–Crippen MR) is 34.3 cm³/mol. The monoisotopic (exact) mass is 112 g/mol. The van der Waals surface area contributed by atoms with Crippen molar-refractivity contribution < 1.29 is 0 Å². The highest BCUT2D eigenvalue weighted by Gasteiger charge is 2.39. The van der Waals surface area contributed by atoms with Gasteiger partial charge in [0.15, 0.2) is 0 Å². The number of hydrogen-bond donors (Lipinski definition) is 0. The molecule has 1 heteroatoms. The molecule has 0 spiro atoms. The molecule has 0 aromatic rings. The molecule has 7 heavy (non-hydrogen) atoms. The van der Waals surface area contributed by atoms with Crippen LogP contribution in [0.1, 0.15) is 12.8 Å². The minimum absolute atomic E-state index is 0.278. The van der Waals surface area contributed by atoms with E-state index >= 15 is 0 Å². The first-order valence-electron chi connectivity index (χ1n) is 2.36. The summed E-state index contributed by atoms with van der Waals surface area (Å²) in [5, 5.41) is 0. The minimum Gasteiger partial charge on any atom is -0.145 e. The van der Waals surface area contributed by atoms with E-state index in [1.807, 2.05) is 0 Å². The quantitative estimate of drug-likeness (QED) is 0.463. The Morgan fingerprint density at radius 1 is 1.71 bits per heavy atom. The molecule has 0 bridgehead atoms. The van der Waals surface area contributed by atoms with Crippen molar-refractivity contribution in [1.82, 2.24) is 0 Å². The van der Waals surface area contributed by atoms with E-state index in [0.29, 0.717) is 0 Å². The molecule has 1 aliphatic rings. The van der Waals surface area contributed by atoms with E-state index in [9.17, 15) is 0 Å². The molecule has 0 amide bonds. The Balaban J connectivity index is 2.47. The Labute approximate surface area is 48.7 Å². The lowest BCUT2D eigenvalue weighted by atomic mass is 10.4. The lowest BCUT2D eigenvalue weighted by Crippen LogP contribution is -1.93. The molecule has 0 aromatic heterocycles. The van der Waals surface area contributed by atoms with Crippen LogP contribution >= 0.6 is 11.8 Å². The predicted octanol–water partition coefficient (Wildman–Crippen LogP) is 1.52. The van der Waals surface area contributed by atoms with Crippen LogP contribution in [0.4, 0.5) is 0 Å². The maximum atomic E-state index is 5.21. The Bertz CT molecular complexity index is 106. The first kappa shape index (κ1) is 5.05. The third-order valence-corrected chi connectivity index (χ3v) is 2.67. The third-order valence-electron chi connectivity index (χ3n) is 1.36. The highest BCUT2D eigenvalue weighted by Crippen LogP contribution is 2.46. The molecule has 0 N–H and O–H groups in total. The topological polar surface area (TPSA) is 0 Å². The maximum absolute atomic E-state index is 5.21. The van der Waals surface area contributed by atoms with Crippen LogP contribution < -0.4 is 0 Å². The molecule has 0 unspecified atom stereocenters. The van der Waals surface area contributed by atoms with Gasteiger partial charge in [-0.2, -0.15) is 0 Å². The van der Waals surface area contributed by atoms with Gasteiger partial charge in [-0.15, -0.1) is 18.2 Å². The lowest BCUT2D eigenvalue weighted by Gasteiger charge is -1.96. The van der Waals surface area contributed by atoms with Crippen LogP contribution in [0.25, 0.3) is 0 Å². The van der Waals surface area contributed by atoms with Gasteiger partial charge in [0, 0.05) is 0 Å². The van der Waals surface area contributed by atoms with Gasteiger partial charge in [-0.05, 0) is 19.1 Å². The van der Waals surface area contributed by atoms with Gasteiger partial charge in [0.05, 0.1) is 4.75 Å². The minimum atomic E-state index is 0.278. The Morgan fingerprint density at radius 3 is 2.29 bits per heavy atom. The first-order valence-corrected chi connectivity index (χ1v) is 3.58. The van der Waals surface area contributed by atoms with Crippen molar-refractivity contribution in [2.45, 2.75) is 17.6 Å². The fourth-order valence-electron chi connectivity index (χ4n) is 0.521. The number of rotatable bonds is 1. The smallest absolute Gasteiger partial charge is 0.0761 e. The van der Waals surface area contributed by atoms with E-state index in [2.05, 4.69) is 12.2 Å². The largest absolute Gasteiger partial charge is 0.145 e. The molecule has 38 valence electrons. The van der Waals surface area contributed by atoms with E-state index in [-0.39, 0.29) is 4.75 Å². The average Bonchev–Trinajstić information content (AvgIpc) is 2.46. The van der Waals surface area contributed by atoms with E-state index in [4.69, 9.17) is 6.42 Å². The molecule has 0 aliphatic heterocycles. The summed E-state index contributed by atoms with van der Waals surface area (Å²) in [5.41, 5.74) is 0. The zero-order valence-electron chi connectivity index (χ0n) is 4.40. The summed E-state index contributed by atoms with van der Waals surface area (Å²) in [7, 11) is 0. The maximum Gasteiger partial charge on any atom is 0.0761 e. The first-order chi connectivity index (χ1) is 3.33. The summed E-state index contributed by atoms with van der Waals surface area (Å²) in [6, 6.07) is 0. The molecule has 0 radical (unpaired) electrons. The summed E-state index contributed by atoms with van der Waals surface area (Å²) < 4.78 is 0.278. The molecule has 1 saturated carbocycles. The highest BCUT2D eigenvalue weighted by atomic mass is 32.2. The van der Waals surface area contributed by atoms with Crippen LogP contribution in [0.2, 0.25) is 0 Å². The fourth-order valence-corrected chi connectivity index (χ4v) is 1.15. The standard InChI is InChI=1S/C6H8S/c1-3-6(7-2)4-5-6/h1H,4-5H2,2H3. The zero-order valence-corrected chi connectivity index (χ0v) is 5.22. The van der Waals surface area contributed by atoms with Gasteiger partial charge in [0.1, 0.15) is 0 Å². The van der Waals surface area contributed by atoms with Crippen LogP contribution in [0.5, 0.6) is 0 Å². The molecule has 0 nitrogen and oxygen atoms in total. The van der Waals surface area contributed by atoms with Crippen molar-refractivity contribution in [2.75, 3.05) is 6.26 Å². The molecule has 0 atom stereocenters. The fraction of sp³-hybridized carbons (Fsp3) is 0.667. The summed E-state index contributed by atoms with van der Waals surface area (Å²) >= 11 is 1.80. The van der Waals surface area contributed by atoms with Crippen molar-refractivity contribution >= 4 is 11.8 Å². The van der Waals surface area contributed by atoms with Crippen molar-refractivity contribution in [2.24, 2.45) is 0 Å². The van der Waals surface area contributed by atoms with E-state index in [1.54, 1.807) is 11.8 Å². The van der Waals surface area contributed by atoms with Crippen molar-refractivity contribution in [3.63, 3.8) is 0 Å². The second kappa shape index (κ2) is 1.45. The van der Waals surface area contributed by atoms with Crippen LogP contribution in [0.3, 0.4) is 0 Å². The Hall–Kier alpha value is -0.0900. The van der Waals surface area contributed by atoms with Crippen LogP contribution in [-0.2, 0) is 0 Å². The van der Waals surface area contributed by atoms with Gasteiger partial charge in [-0.25, -0.2) is 0 Å². The van der Waals surface area contributed by atoms with Gasteiger partial charge in [0.25, 0.3) is 0 Å². The number of hydrogen-bond acceptors (Lipinski definition) is 1. The Morgan fingerprint density at radius 2 is 2.29 bits per heavy atom. The van der Waals surface area contributed by atoms with E-state index in [0.717, 1.165) is 0 Å².